The number of aliphatic hydroxyl groups is 1. The predicted octanol–water partition coefficient (Wildman–Crippen LogP) is 3.58. The number of carbonyl (C=O) groups is 1. The van der Waals surface area contributed by atoms with Crippen molar-refractivity contribution < 1.29 is 9.90 Å². The fourth-order valence-electron chi connectivity index (χ4n) is 2.66. The minimum Gasteiger partial charge on any atom is -0.389 e. The molecular formula is C20H26N2O2. The van der Waals surface area contributed by atoms with Gasteiger partial charge in [0, 0.05) is 6.54 Å². The molecule has 0 saturated carbocycles. The van der Waals surface area contributed by atoms with Crippen LogP contribution in [0.1, 0.15) is 37.9 Å². The molecular weight excluding hydrogens is 300 g/mol. The summed E-state index contributed by atoms with van der Waals surface area (Å²) in [6.07, 6.45) is 0. The van der Waals surface area contributed by atoms with Gasteiger partial charge < -0.3 is 15.3 Å². The van der Waals surface area contributed by atoms with Gasteiger partial charge in [-0.25, -0.2) is 4.79 Å². The zero-order valence-electron chi connectivity index (χ0n) is 14.6. The Morgan fingerprint density at radius 1 is 1.04 bits per heavy atom. The lowest BCUT2D eigenvalue weighted by atomic mass is 9.99. The van der Waals surface area contributed by atoms with Crippen molar-refractivity contribution in [2.45, 2.75) is 32.4 Å². The molecule has 0 saturated heterocycles. The molecule has 128 valence electrons. The maximum Gasteiger partial charge on any atom is 0.318 e. The van der Waals surface area contributed by atoms with Crippen LogP contribution in [0.4, 0.5) is 4.79 Å². The summed E-state index contributed by atoms with van der Waals surface area (Å²) >= 11 is 0. The van der Waals surface area contributed by atoms with Crippen LogP contribution in [0.25, 0.3) is 0 Å². The van der Waals surface area contributed by atoms with Crippen LogP contribution in [0.3, 0.4) is 0 Å². The van der Waals surface area contributed by atoms with E-state index in [1.807, 2.05) is 67.6 Å². The number of nitrogens with zero attached hydrogens (tertiary/aromatic N) is 1. The topological polar surface area (TPSA) is 52.6 Å². The molecule has 4 heteroatoms. The van der Waals surface area contributed by atoms with Crippen LogP contribution in [-0.2, 0) is 0 Å². The van der Waals surface area contributed by atoms with Gasteiger partial charge in [-0.05, 0) is 31.9 Å². The zero-order chi connectivity index (χ0) is 17.6. The largest absolute Gasteiger partial charge is 0.389 e. The molecule has 2 aromatic rings. The summed E-state index contributed by atoms with van der Waals surface area (Å²) in [6, 6.07) is 19.4. The van der Waals surface area contributed by atoms with Crippen LogP contribution in [0.5, 0.6) is 0 Å². The third-order valence-corrected chi connectivity index (χ3v) is 3.78. The van der Waals surface area contributed by atoms with Crippen molar-refractivity contribution in [1.82, 2.24) is 10.2 Å². The lowest BCUT2D eigenvalue weighted by molar-refractivity contribution is 0.0477. The van der Waals surface area contributed by atoms with Gasteiger partial charge in [0.1, 0.15) is 0 Å². The van der Waals surface area contributed by atoms with Crippen molar-refractivity contribution in [3.63, 3.8) is 0 Å². The highest BCUT2D eigenvalue weighted by Crippen LogP contribution is 2.22. The summed E-state index contributed by atoms with van der Waals surface area (Å²) in [5.74, 6) is 0. The molecule has 0 aliphatic heterocycles. The Labute approximate surface area is 144 Å². The number of amides is 2. The second-order valence-corrected chi connectivity index (χ2v) is 6.53. The normalized spacial score (nSPS) is 11.4. The third-order valence-electron chi connectivity index (χ3n) is 3.78. The SMILES string of the molecule is CCN(CC(C)(C)O)C(=O)NC(c1ccccc1)c1ccccc1. The molecule has 0 radical (unpaired) electrons. The van der Waals surface area contributed by atoms with Crippen LogP contribution in [0.2, 0.25) is 0 Å². The van der Waals surface area contributed by atoms with Gasteiger partial charge >= 0.3 is 6.03 Å². The number of likely N-dealkylation sites (N-methyl/N-ethyl adjacent to an activating group) is 1. The van der Waals surface area contributed by atoms with E-state index in [1.165, 1.54) is 0 Å². The minimum atomic E-state index is -0.928. The van der Waals surface area contributed by atoms with Crippen molar-refractivity contribution in [2.75, 3.05) is 13.1 Å². The first-order valence-electron chi connectivity index (χ1n) is 8.28. The molecule has 0 aromatic heterocycles. The first-order valence-corrected chi connectivity index (χ1v) is 8.28. The summed E-state index contributed by atoms with van der Waals surface area (Å²) < 4.78 is 0. The zero-order valence-corrected chi connectivity index (χ0v) is 14.6. The predicted molar refractivity (Wildman–Crippen MR) is 96.8 cm³/mol. The molecule has 2 aromatic carbocycles. The fourth-order valence-corrected chi connectivity index (χ4v) is 2.66. The van der Waals surface area contributed by atoms with E-state index in [4.69, 9.17) is 0 Å². The van der Waals surface area contributed by atoms with E-state index in [0.29, 0.717) is 6.54 Å². The Bertz CT molecular complexity index is 596. The highest BCUT2D eigenvalue weighted by Gasteiger charge is 2.24. The number of nitrogens with one attached hydrogen (secondary N) is 1. The van der Waals surface area contributed by atoms with E-state index in [0.717, 1.165) is 11.1 Å². The molecule has 2 amide bonds. The van der Waals surface area contributed by atoms with Gasteiger partial charge in [0.05, 0.1) is 18.2 Å². The molecule has 0 aliphatic rings. The molecule has 2 N–H and O–H groups in total. The van der Waals surface area contributed by atoms with E-state index < -0.39 is 5.60 Å². The minimum absolute atomic E-state index is 0.183. The van der Waals surface area contributed by atoms with Gasteiger partial charge in [-0.1, -0.05) is 60.7 Å². The number of hydrogen-bond donors (Lipinski definition) is 2. The standard InChI is InChI=1S/C20H26N2O2/c1-4-22(15-20(2,3)24)19(23)21-18(16-11-7-5-8-12-16)17-13-9-6-10-14-17/h5-14,18,24H,4,15H2,1-3H3,(H,21,23). The summed E-state index contributed by atoms with van der Waals surface area (Å²) in [5, 5.41) is 13.1. The van der Waals surface area contributed by atoms with E-state index in [9.17, 15) is 9.90 Å². The molecule has 2 rings (SSSR count). The van der Waals surface area contributed by atoms with Crippen LogP contribution in [-0.4, -0.2) is 34.7 Å². The summed E-state index contributed by atoms with van der Waals surface area (Å²) in [6.45, 7) is 6.13. The summed E-state index contributed by atoms with van der Waals surface area (Å²) in [5.41, 5.74) is 1.12. The lowest BCUT2D eigenvalue weighted by Crippen LogP contribution is -2.47. The Kier molecular flexibility index (Phi) is 5.99. The molecule has 0 aliphatic carbocycles. The molecule has 4 nitrogen and oxygen atoms in total. The third kappa shape index (κ3) is 5.10. The van der Waals surface area contributed by atoms with E-state index >= 15 is 0 Å². The van der Waals surface area contributed by atoms with Gasteiger partial charge in [0.25, 0.3) is 0 Å². The Morgan fingerprint density at radius 3 is 1.88 bits per heavy atom. The average Bonchev–Trinajstić information content (AvgIpc) is 2.58. The number of carbonyl (C=O) groups excluding carboxylic acids is 1. The second kappa shape index (κ2) is 7.97. The first kappa shape index (κ1) is 18.0. The van der Waals surface area contributed by atoms with E-state index in [2.05, 4.69) is 5.32 Å². The van der Waals surface area contributed by atoms with Crippen LogP contribution in [0, 0.1) is 0 Å². The molecule has 0 unspecified atom stereocenters. The van der Waals surface area contributed by atoms with Crippen molar-refractivity contribution in [3.05, 3.63) is 71.8 Å². The van der Waals surface area contributed by atoms with Crippen molar-refractivity contribution in [1.29, 1.82) is 0 Å². The number of urea groups is 1. The van der Waals surface area contributed by atoms with Gasteiger partial charge in [-0.3, -0.25) is 0 Å². The highest BCUT2D eigenvalue weighted by molar-refractivity contribution is 5.75. The van der Waals surface area contributed by atoms with Gasteiger partial charge in [0.2, 0.25) is 0 Å². The van der Waals surface area contributed by atoms with Crippen molar-refractivity contribution in [2.24, 2.45) is 0 Å². The van der Waals surface area contributed by atoms with Gasteiger partial charge in [-0.2, -0.15) is 0 Å². The fraction of sp³-hybridized carbons (Fsp3) is 0.350. The second-order valence-electron chi connectivity index (χ2n) is 6.53. The maximum absolute atomic E-state index is 12.7. The van der Waals surface area contributed by atoms with Gasteiger partial charge in [0.15, 0.2) is 0 Å². The Balaban J connectivity index is 2.24. The highest BCUT2D eigenvalue weighted by atomic mass is 16.3. The number of hydrogen-bond acceptors (Lipinski definition) is 2. The molecule has 0 atom stereocenters. The average molecular weight is 326 g/mol. The molecule has 0 heterocycles. The van der Waals surface area contributed by atoms with Crippen molar-refractivity contribution in [3.8, 4) is 0 Å². The van der Waals surface area contributed by atoms with E-state index in [-0.39, 0.29) is 18.6 Å². The van der Waals surface area contributed by atoms with Crippen LogP contribution < -0.4 is 5.32 Å². The summed E-state index contributed by atoms with van der Waals surface area (Å²) in [4.78, 5) is 14.3. The quantitative estimate of drug-likeness (QED) is 0.852. The number of rotatable bonds is 6. The molecule has 0 fully saturated rings. The molecule has 24 heavy (non-hydrogen) atoms. The smallest absolute Gasteiger partial charge is 0.318 e. The molecule has 0 spiro atoms. The Hall–Kier alpha value is -2.33. The Morgan fingerprint density at radius 2 is 1.50 bits per heavy atom. The van der Waals surface area contributed by atoms with Crippen LogP contribution in [0.15, 0.2) is 60.7 Å². The molecule has 0 bridgehead atoms. The summed E-state index contributed by atoms with van der Waals surface area (Å²) in [7, 11) is 0. The number of benzene rings is 2. The van der Waals surface area contributed by atoms with Gasteiger partial charge in [-0.15, -0.1) is 0 Å². The maximum atomic E-state index is 12.7. The van der Waals surface area contributed by atoms with Crippen molar-refractivity contribution >= 4 is 6.03 Å². The first-order chi connectivity index (χ1) is 11.4. The lowest BCUT2D eigenvalue weighted by Gasteiger charge is -2.30. The monoisotopic (exact) mass is 326 g/mol. The van der Waals surface area contributed by atoms with Crippen LogP contribution >= 0.6 is 0 Å². The van der Waals surface area contributed by atoms with E-state index in [1.54, 1.807) is 18.7 Å².